The van der Waals surface area contributed by atoms with E-state index in [1.54, 1.807) is 0 Å². The van der Waals surface area contributed by atoms with Gasteiger partial charge in [-0.3, -0.25) is 0 Å². The van der Waals surface area contributed by atoms with E-state index in [9.17, 15) is 0 Å². The molecule has 2 heteroatoms. The molecule has 15 heavy (non-hydrogen) atoms. The summed E-state index contributed by atoms with van der Waals surface area (Å²) in [7, 11) is 0. The van der Waals surface area contributed by atoms with Gasteiger partial charge in [0.05, 0.1) is 25.9 Å². The Morgan fingerprint density at radius 3 is 2.53 bits per heavy atom. The largest absolute Gasteiger partial charge is 0.380 e. The van der Waals surface area contributed by atoms with E-state index in [1.165, 1.54) is 32.1 Å². The zero-order chi connectivity index (χ0) is 10.7. The highest BCUT2D eigenvalue weighted by Gasteiger charge is 2.38. The highest BCUT2D eigenvalue weighted by molar-refractivity contribution is 4.85. The zero-order valence-corrected chi connectivity index (χ0v) is 10.1. The van der Waals surface area contributed by atoms with Crippen molar-refractivity contribution in [3.05, 3.63) is 0 Å². The first-order valence-corrected chi connectivity index (χ1v) is 6.45. The molecule has 2 nitrogen and oxygen atoms in total. The standard InChI is InChI=1S/C13H24O2/c1-3-13(8-14-9-13)10-15-12-7-5-4-6-11(12)2/h11-12H,3-10H2,1-2H3. The SMILES string of the molecule is CCC1(COC2CCCCC2C)COC1. The van der Waals surface area contributed by atoms with Crippen LogP contribution < -0.4 is 0 Å². The maximum absolute atomic E-state index is 6.11. The maximum Gasteiger partial charge on any atom is 0.0600 e. The Bertz CT molecular complexity index is 193. The molecule has 2 atom stereocenters. The first-order chi connectivity index (χ1) is 7.26. The zero-order valence-electron chi connectivity index (χ0n) is 10.1. The highest BCUT2D eigenvalue weighted by atomic mass is 16.5. The minimum absolute atomic E-state index is 0.358. The average Bonchev–Trinajstić information content (AvgIpc) is 2.19. The van der Waals surface area contributed by atoms with Gasteiger partial charge in [-0.2, -0.15) is 0 Å². The van der Waals surface area contributed by atoms with Crippen LogP contribution in [-0.4, -0.2) is 25.9 Å². The second kappa shape index (κ2) is 4.84. The van der Waals surface area contributed by atoms with Crippen LogP contribution >= 0.6 is 0 Å². The summed E-state index contributed by atoms with van der Waals surface area (Å²) in [6.45, 7) is 7.31. The van der Waals surface area contributed by atoms with Gasteiger partial charge in [-0.05, 0) is 25.2 Å². The van der Waals surface area contributed by atoms with Crippen LogP contribution in [-0.2, 0) is 9.47 Å². The molecular weight excluding hydrogens is 188 g/mol. The Labute approximate surface area is 93.3 Å². The van der Waals surface area contributed by atoms with Crippen molar-refractivity contribution < 1.29 is 9.47 Å². The van der Waals surface area contributed by atoms with Gasteiger partial charge < -0.3 is 9.47 Å². The summed E-state index contributed by atoms with van der Waals surface area (Å²) in [6.07, 6.45) is 7.06. The van der Waals surface area contributed by atoms with Gasteiger partial charge in [0, 0.05) is 5.41 Å². The lowest BCUT2D eigenvalue weighted by atomic mass is 9.83. The van der Waals surface area contributed by atoms with Gasteiger partial charge in [0.1, 0.15) is 0 Å². The van der Waals surface area contributed by atoms with Crippen LogP contribution in [0.15, 0.2) is 0 Å². The fourth-order valence-corrected chi connectivity index (χ4v) is 2.59. The Kier molecular flexibility index (Phi) is 3.68. The molecule has 0 aromatic carbocycles. The molecular formula is C13H24O2. The molecule has 1 heterocycles. The van der Waals surface area contributed by atoms with E-state index in [0.29, 0.717) is 11.5 Å². The lowest BCUT2D eigenvalue weighted by molar-refractivity contribution is -0.167. The molecule has 1 aliphatic heterocycles. The van der Waals surface area contributed by atoms with E-state index in [-0.39, 0.29) is 0 Å². The Morgan fingerprint density at radius 1 is 1.27 bits per heavy atom. The first kappa shape index (κ1) is 11.4. The molecule has 1 aliphatic carbocycles. The van der Waals surface area contributed by atoms with Gasteiger partial charge in [-0.1, -0.05) is 26.7 Å². The molecule has 0 spiro atoms. The van der Waals surface area contributed by atoms with E-state index in [2.05, 4.69) is 13.8 Å². The summed E-state index contributed by atoms with van der Waals surface area (Å²) in [4.78, 5) is 0. The van der Waals surface area contributed by atoms with Crippen LogP contribution in [0.1, 0.15) is 46.0 Å². The van der Waals surface area contributed by atoms with Gasteiger partial charge in [0.25, 0.3) is 0 Å². The second-order valence-corrected chi connectivity index (χ2v) is 5.46. The molecule has 88 valence electrons. The summed E-state index contributed by atoms with van der Waals surface area (Å²) in [6, 6.07) is 0. The summed E-state index contributed by atoms with van der Waals surface area (Å²) < 4.78 is 11.4. The van der Waals surface area contributed by atoms with Crippen LogP contribution in [0.5, 0.6) is 0 Å². The van der Waals surface area contributed by atoms with E-state index < -0.39 is 0 Å². The third kappa shape index (κ3) is 2.54. The van der Waals surface area contributed by atoms with Crippen molar-refractivity contribution in [1.29, 1.82) is 0 Å². The summed E-state index contributed by atoms with van der Waals surface area (Å²) in [5.74, 6) is 0.758. The van der Waals surface area contributed by atoms with Crippen molar-refractivity contribution in [1.82, 2.24) is 0 Å². The predicted octanol–water partition coefficient (Wildman–Crippen LogP) is 3.01. The Balaban J connectivity index is 1.76. The fraction of sp³-hybridized carbons (Fsp3) is 1.00. The van der Waals surface area contributed by atoms with E-state index in [4.69, 9.17) is 9.47 Å². The molecule has 0 aromatic rings. The van der Waals surface area contributed by atoms with E-state index in [0.717, 1.165) is 25.7 Å². The molecule has 0 N–H and O–H groups in total. The number of ether oxygens (including phenoxy) is 2. The number of hydrogen-bond donors (Lipinski definition) is 0. The van der Waals surface area contributed by atoms with Crippen molar-refractivity contribution in [3.63, 3.8) is 0 Å². The molecule has 0 bridgehead atoms. The van der Waals surface area contributed by atoms with Gasteiger partial charge in [0.15, 0.2) is 0 Å². The van der Waals surface area contributed by atoms with Gasteiger partial charge in [-0.25, -0.2) is 0 Å². The number of hydrogen-bond acceptors (Lipinski definition) is 2. The van der Waals surface area contributed by atoms with E-state index >= 15 is 0 Å². The normalized spacial score (nSPS) is 34.8. The number of rotatable bonds is 4. The Hall–Kier alpha value is -0.0800. The molecule has 1 saturated carbocycles. The summed E-state index contributed by atoms with van der Waals surface area (Å²) >= 11 is 0. The van der Waals surface area contributed by atoms with Crippen molar-refractivity contribution in [2.45, 2.75) is 52.1 Å². The lowest BCUT2D eigenvalue weighted by Gasteiger charge is -2.42. The first-order valence-electron chi connectivity index (χ1n) is 6.45. The summed E-state index contributed by atoms with van der Waals surface area (Å²) in [5, 5.41) is 0. The lowest BCUT2D eigenvalue weighted by Crippen LogP contribution is -2.47. The van der Waals surface area contributed by atoms with Crippen LogP contribution in [0.4, 0.5) is 0 Å². The summed E-state index contributed by atoms with van der Waals surface area (Å²) in [5.41, 5.74) is 0.358. The van der Waals surface area contributed by atoms with Crippen LogP contribution in [0.25, 0.3) is 0 Å². The van der Waals surface area contributed by atoms with Gasteiger partial charge in [-0.15, -0.1) is 0 Å². The molecule has 0 radical (unpaired) electrons. The van der Waals surface area contributed by atoms with E-state index in [1.807, 2.05) is 0 Å². The fourth-order valence-electron chi connectivity index (χ4n) is 2.59. The quantitative estimate of drug-likeness (QED) is 0.713. The van der Waals surface area contributed by atoms with Crippen molar-refractivity contribution in [2.75, 3.05) is 19.8 Å². The Morgan fingerprint density at radius 2 is 2.00 bits per heavy atom. The minimum atomic E-state index is 0.358. The topological polar surface area (TPSA) is 18.5 Å². The van der Waals surface area contributed by atoms with Crippen LogP contribution in [0.2, 0.25) is 0 Å². The molecule has 1 saturated heterocycles. The van der Waals surface area contributed by atoms with Crippen molar-refractivity contribution in [3.8, 4) is 0 Å². The molecule has 0 amide bonds. The van der Waals surface area contributed by atoms with Gasteiger partial charge >= 0.3 is 0 Å². The molecule has 2 fully saturated rings. The average molecular weight is 212 g/mol. The monoisotopic (exact) mass is 212 g/mol. The van der Waals surface area contributed by atoms with Crippen molar-refractivity contribution in [2.24, 2.45) is 11.3 Å². The molecule has 2 unspecified atom stereocenters. The molecule has 2 aliphatic rings. The second-order valence-electron chi connectivity index (χ2n) is 5.46. The maximum atomic E-state index is 6.11. The van der Waals surface area contributed by atoms with Gasteiger partial charge in [0.2, 0.25) is 0 Å². The molecule has 2 rings (SSSR count). The van der Waals surface area contributed by atoms with Crippen LogP contribution in [0.3, 0.4) is 0 Å². The highest BCUT2D eigenvalue weighted by Crippen LogP contribution is 2.34. The predicted molar refractivity (Wildman–Crippen MR) is 60.9 cm³/mol. The van der Waals surface area contributed by atoms with Crippen molar-refractivity contribution >= 4 is 0 Å². The molecule has 0 aromatic heterocycles. The third-order valence-corrected chi connectivity index (χ3v) is 4.20. The smallest absolute Gasteiger partial charge is 0.0600 e. The van der Waals surface area contributed by atoms with Crippen LogP contribution in [0, 0.1) is 11.3 Å². The minimum Gasteiger partial charge on any atom is -0.380 e. The third-order valence-electron chi connectivity index (χ3n) is 4.20.